The van der Waals surface area contributed by atoms with Crippen LogP contribution in [0.25, 0.3) is 33.2 Å². The van der Waals surface area contributed by atoms with Crippen LogP contribution in [-0.2, 0) is 7.05 Å². The quantitative estimate of drug-likeness (QED) is 0.427. The maximum absolute atomic E-state index is 14.5. The number of aryl methyl sites for hydroxylation is 1. The predicted octanol–water partition coefficient (Wildman–Crippen LogP) is 5.10. The molecule has 1 aromatic carbocycles. The van der Waals surface area contributed by atoms with Gasteiger partial charge in [-0.3, -0.25) is 4.68 Å². The van der Waals surface area contributed by atoms with Crippen molar-refractivity contribution in [2.45, 2.75) is 19.8 Å². The molecule has 1 aliphatic heterocycles. The molecule has 4 aromatic rings. The number of aromatic nitrogens is 4. The number of hydrogen-bond donors (Lipinski definition) is 1. The van der Waals surface area contributed by atoms with Crippen molar-refractivity contribution < 1.29 is 9.50 Å². The van der Waals surface area contributed by atoms with E-state index in [0.717, 1.165) is 11.6 Å². The van der Waals surface area contributed by atoms with Gasteiger partial charge in [-0.1, -0.05) is 18.5 Å². The third-order valence-corrected chi connectivity index (χ3v) is 6.39. The van der Waals surface area contributed by atoms with Crippen LogP contribution in [-0.4, -0.2) is 64.0 Å². The number of benzene rings is 1. The smallest absolute Gasteiger partial charge is 0.193 e. The van der Waals surface area contributed by atoms with Gasteiger partial charge in [0, 0.05) is 50.2 Å². The highest BCUT2D eigenvalue weighted by Crippen LogP contribution is 2.37. The fourth-order valence-corrected chi connectivity index (χ4v) is 4.54. The van der Waals surface area contributed by atoms with E-state index in [1.165, 1.54) is 30.6 Å². The minimum atomic E-state index is -0.785. The Morgan fingerprint density at radius 1 is 1.21 bits per heavy atom. The van der Waals surface area contributed by atoms with E-state index >= 15 is 0 Å². The lowest BCUT2D eigenvalue weighted by atomic mass is 10.0. The van der Waals surface area contributed by atoms with Gasteiger partial charge in [0.15, 0.2) is 17.2 Å². The van der Waals surface area contributed by atoms with E-state index < -0.39 is 11.6 Å². The predicted molar refractivity (Wildman–Crippen MR) is 136 cm³/mol. The van der Waals surface area contributed by atoms with Crippen molar-refractivity contribution in [3.63, 3.8) is 0 Å². The zero-order chi connectivity index (χ0) is 24.6. The number of piperidine rings is 1. The molecule has 3 aromatic heterocycles. The number of pyridine rings is 2. The fraction of sp³-hybridized carbons (Fsp3) is 0.400. The molecule has 0 radical (unpaired) electrons. The van der Waals surface area contributed by atoms with E-state index in [-0.39, 0.29) is 11.1 Å². The van der Waals surface area contributed by atoms with Crippen LogP contribution in [0.2, 0.25) is 5.02 Å². The number of nitrogens with zero attached hydrogens (tertiary/aromatic N) is 6. The van der Waals surface area contributed by atoms with E-state index in [1.807, 2.05) is 25.1 Å². The first-order valence-corrected chi connectivity index (χ1v) is 11.7. The summed E-state index contributed by atoms with van der Waals surface area (Å²) in [6.45, 7) is 4.94. The number of halogens is 2. The average Bonchev–Trinajstić information content (AvgIpc) is 3.16. The van der Waals surface area contributed by atoms with Crippen LogP contribution in [0, 0.1) is 11.7 Å². The summed E-state index contributed by atoms with van der Waals surface area (Å²) in [4.78, 5) is 13.1. The second-order valence-corrected chi connectivity index (χ2v) is 9.69. The van der Waals surface area contributed by atoms with Gasteiger partial charge < -0.3 is 14.9 Å². The Morgan fingerprint density at radius 3 is 2.62 bits per heavy atom. The summed E-state index contributed by atoms with van der Waals surface area (Å²) in [5.74, 6) is -0.357. The Balaban J connectivity index is 0.000000291. The van der Waals surface area contributed by atoms with Crippen molar-refractivity contribution in [2.24, 2.45) is 13.0 Å². The molecule has 34 heavy (non-hydrogen) atoms. The minimum absolute atomic E-state index is 0.106. The van der Waals surface area contributed by atoms with Crippen LogP contribution in [0.15, 0.2) is 30.6 Å². The Labute approximate surface area is 203 Å². The number of rotatable bonds is 2. The molecule has 1 saturated heterocycles. The molecule has 0 amide bonds. The third-order valence-electron chi connectivity index (χ3n) is 6.08. The second kappa shape index (κ2) is 9.72. The van der Waals surface area contributed by atoms with Crippen LogP contribution in [0.3, 0.4) is 0 Å². The number of likely N-dealkylation sites (tertiary alicyclic amines) is 1. The molecule has 1 atom stereocenters. The zero-order valence-corrected chi connectivity index (χ0v) is 20.9. The first kappa shape index (κ1) is 24.2. The summed E-state index contributed by atoms with van der Waals surface area (Å²) in [6.07, 6.45) is 6.19. The number of hydrogen-bond acceptors (Lipinski definition) is 6. The van der Waals surface area contributed by atoms with Crippen molar-refractivity contribution >= 4 is 39.2 Å². The molecule has 0 spiro atoms. The standard InChI is InChI=1S/C18H15ClFN5O.C7H15N/c1-24(2)10-5-11-13(19)6-14(22-18(11)21-7-10)12-4-9-8-25(3)23-16(9)15(20)17(12)26;1-7-4-3-5-8(2)6-7/h4-8,26H,1-3H3;7H,3-6H2,1-2H3. The molecule has 4 heterocycles. The Hall–Kier alpha value is -2.97. The Bertz CT molecular complexity index is 1330. The van der Waals surface area contributed by atoms with Crippen LogP contribution < -0.4 is 4.90 Å². The summed E-state index contributed by atoms with van der Waals surface area (Å²) in [6, 6.07) is 5.12. The monoisotopic (exact) mass is 484 g/mol. The van der Waals surface area contributed by atoms with Crippen molar-refractivity contribution in [2.75, 3.05) is 39.1 Å². The third kappa shape index (κ3) is 4.93. The maximum atomic E-state index is 14.5. The van der Waals surface area contributed by atoms with Gasteiger partial charge >= 0.3 is 0 Å². The Morgan fingerprint density at radius 2 is 1.97 bits per heavy atom. The molecular weight excluding hydrogens is 455 g/mol. The lowest BCUT2D eigenvalue weighted by Gasteiger charge is -2.26. The lowest BCUT2D eigenvalue weighted by Crippen LogP contribution is -2.30. The molecule has 0 bridgehead atoms. The van der Waals surface area contributed by atoms with Crippen molar-refractivity contribution in [1.82, 2.24) is 24.6 Å². The number of phenolic OH excluding ortho intramolecular Hbond substituents is 1. The largest absolute Gasteiger partial charge is 0.504 e. The van der Waals surface area contributed by atoms with E-state index in [9.17, 15) is 9.50 Å². The van der Waals surface area contributed by atoms with Crippen LogP contribution in [0.5, 0.6) is 5.75 Å². The normalized spacial score (nSPS) is 16.5. The van der Waals surface area contributed by atoms with Gasteiger partial charge in [-0.15, -0.1) is 0 Å². The van der Waals surface area contributed by atoms with E-state index in [4.69, 9.17) is 11.6 Å². The number of fused-ring (bicyclic) bond motifs is 2. The van der Waals surface area contributed by atoms with Crippen molar-refractivity contribution in [3.8, 4) is 17.0 Å². The van der Waals surface area contributed by atoms with Gasteiger partial charge in [0.05, 0.1) is 22.6 Å². The van der Waals surface area contributed by atoms with Gasteiger partial charge in [-0.25, -0.2) is 14.4 Å². The lowest BCUT2D eigenvalue weighted by molar-refractivity contribution is 0.221. The first-order chi connectivity index (χ1) is 16.1. The second-order valence-electron chi connectivity index (χ2n) is 9.29. The summed E-state index contributed by atoms with van der Waals surface area (Å²) in [5, 5.41) is 16.0. The fourth-order valence-electron chi connectivity index (χ4n) is 4.29. The number of phenols is 1. The molecule has 7 nitrogen and oxygen atoms in total. The van der Waals surface area contributed by atoms with Crippen LogP contribution in [0.4, 0.5) is 10.1 Å². The summed E-state index contributed by atoms with van der Waals surface area (Å²) >= 11 is 6.41. The molecule has 5 rings (SSSR count). The van der Waals surface area contributed by atoms with E-state index in [2.05, 4.69) is 33.9 Å². The topological polar surface area (TPSA) is 70.3 Å². The number of aromatic hydroxyl groups is 1. The van der Waals surface area contributed by atoms with Gasteiger partial charge in [0.1, 0.15) is 5.52 Å². The highest BCUT2D eigenvalue weighted by molar-refractivity contribution is 6.35. The molecule has 1 N–H and O–H groups in total. The molecule has 1 unspecified atom stereocenters. The summed E-state index contributed by atoms with van der Waals surface area (Å²) in [5.41, 5.74) is 2.00. The van der Waals surface area contributed by atoms with Crippen LogP contribution >= 0.6 is 11.6 Å². The van der Waals surface area contributed by atoms with Gasteiger partial charge in [-0.05, 0) is 50.6 Å². The summed E-state index contributed by atoms with van der Waals surface area (Å²) in [7, 11) is 7.70. The average molecular weight is 485 g/mol. The molecule has 9 heteroatoms. The molecular formula is C25H30ClFN6O. The minimum Gasteiger partial charge on any atom is -0.504 e. The molecule has 1 aliphatic rings. The molecule has 1 fully saturated rings. The molecule has 180 valence electrons. The maximum Gasteiger partial charge on any atom is 0.193 e. The molecule has 0 saturated carbocycles. The zero-order valence-electron chi connectivity index (χ0n) is 20.2. The van der Waals surface area contributed by atoms with Crippen LogP contribution in [0.1, 0.15) is 19.8 Å². The van der Waals surface area contributed by atoms with Crippen molar-refractivity contribution in [1.29, 1.82) is 0 Å². The van der Waals surface area contributed by atoms with Crippen molar-refractivity contribution in [3.05, 3.63) is 41.4 Å². The van der Waals surface area contributed by atoms with Gasteiger partial charge in [-0.2, -0.15) is 5.10 Å². The summed E-state index contributed by atoms with van der Waals surface area (Å²) < 4.78 is 16.0. The van der Waals surface area contributed by atoms with E-state index in [1.54, 1.807) is 31.6 Å². The highest BCUT2D eigenvalue weighted by Gasteiger charge is 2.19. The van der Waals surface area contributed by atoms with Gasteiger partial charge in [0.2, 0.25) is 0 Å². The molecule has 0 aliphatic carbocycles. The SMILES string of the molecule is CC1CCCN(C)C1.CN(C)c1cnc2nc(-c3cc4cn(C)nc4c(F)c3O)cc(Cl)c2c1. The van der Waals surface area contributed by atoms with E-state index in [0.29, 0.717) is 27.1 Å². The Kier molecular flexibility index (Phi) is 6.91. The first-order valence-electron chi connectivity index (χ1n) is 11.3. The van der Waals surface area contributed by atoms with Gasteiger partial charge in [0.25, 0.3) is 0 Å². The number of anilines is 1. The highest BCUT2D eigenvalue weighted by atomic mass is 35.5.